The molecule has 0 unspecified atom stereocenters. The van der Waals surface area contributed by atoms with Gasteiger partial charge in [0.25, 0.3) is 5.91 Å². The van der Waals surface area contributed by atoms with Crippen molar-refractivity contribution in [3.63, 3.8) is 0 Å². The number of rotatable bonds is 13. The van der Waals surface area contributed by atoms with Crippen molar-refractivity contribution in [3.8, 4) is 22.9 Å². The van der Waals surface area contributed by atoms with Crippen LogP contribution in [0.5, 0.6) is 17.2 Å². The summed E-state index contributed by atoms with van der Waals surface area (Å²) in [6.07, 6.45) is 0. The van der Waals surface area contributed by atoms with Gasteiger partial charge in [0.15, 0.2) is 17.6 Å². The third kappa shape index (κ3) is 8.14. The molecule has 0 bridgehead atoms. The Hall–Kier alpha value is -4.22. The average Bonchev–Trinajstić information content (AvgIpc) is 3.38. The van der Waals surface area contributed by atoms with Crippen LogP contribution in [0.15, 0.2) is 78.0 Å². The second-order valence-corrected chi connectivity index (χ2v) is 9.62. The van der Waals surface area contributed by atoms with E-state index < -0.39 is 0 Å². The molecule has 0 spiro atoms. The first-order valence-electron chi connectivity index (χ1n) is 12.3. The number of amides is 2. The highest BCUT2D eigenvalue weighted by atomic mass is 35.5. The Labute approximate surface area is 241 Å². The van der Waals surface area contributed by atoms with Crippen LogP contribution in [0.25, 0.3) is 5.69 Å². The summed E-state index contributed by atoms with van der Waals surface area (Å²) < 4.78 is 18.0. The molecule has 0 aliphatic rings. The van der Waals surface area contributed by atoms with Crippen LogP contribution in [0, 0.1) is 0 Å². The Bertz CT molecular complexity index is 1410. The molecule has 2 amide bonds. The van der Waals surface area contributed by atoms with Crippen molar-refractivity contribution in [2.45, 2.75) is 18.6 Å². The molecule has 4 aromatic rings. The van der Waals surface area contributed by atoms with Crippen molar-refractivity contribution in [1.29, 1.82) is 0 Å². The molecule has 0 fully saturated rings. The number of carbonyl (C=O) groups excluding carboxylic acids is 2. The highest BCUT2D eigenvalue weighted by molar-refractivity contribution is 7.99. The van der Waals surface area contributed by atoms with Crippen LogP contribution >= 0.6 is 23.4 Å². The van der Waals surface area contributed by atoms with Crippen LogP contribution in [-0.2, 0) is 16.1 Å². The van der Waals surface area contributed by atoms with Gasteiger partial charge in [0.2, 0.25) is 5.91 Å². The first-order chi connectivity index (χ1) is 19.4. The number of hydrogen-bond donors (Lipinski definition) is 2. The van der Waals surface area contributed by atoms with Crippen molar-refractivity contribution in [2.24, 2.45) is 0 Å². The lowest BCUT2D eigenvalue weighted by Crippen LogP contribution is -2.29. The number of anilines is 1. The smallest absolute Gasteiger partial charge is 0.258 e. The Morgan fingerprint density at radius 1 is 0.875 bits per heavy atom. The number of halogens is 1. The predicted octanol–water partition coefficient (Wildman–Crippen LogP) is 4.75. The third-order valence-corrected chi connectivity index (χ3v) is 6.62. The molecular formula is C28H28ClN5O5S. The summed E-state index contributed by atoms with van der Waals surface area (Å²) in [5.41, 5.74) is 1.41. The van der Waals surface area contributed by atoms with E-state index in [0.717, 1.165) is 11.4 Å². The number of hydrogen-bond acceptors (Lipinski definition) is 8. The summed E-state index contributed by atoms with van der Waals surface area (Å²) in [5, 5.41) is 15.3. The quantitative estimate of drug-likeness (QED) is 0.217. The van der Waals surface area contributed by atoms with Crippen LogP contribution < -0.4 is 24.8 Å². The normalized spacial score (nSPS) is 10.6. The summed E-state index contributed by atoms with van der Waals surface area (Å²) in [5.74, 6) is 2.01. The zero-order valence-corrected chi connectivity index (χ0v) is 23.5. The molecule has 0 saturated heterocycles. The van der Waals surface area contributed by atoms with Crippen molar-refractivity contribution in [3.05, 3.63) is 83.6 Å². The second-order valence-electron chi connectivity index (χ2n) is 8.25. The lowest BCUT2D eigenvalue weighted by atomic mass is 10.3. The van der Waals surface area contributed by atoms with E-state index in [9.17, 15) is 9.59 Å². The van der Waals surface area contributed by atoms with E-state index >= 15 is 0 Å². The maximum atomic E-state index is 12.6. The summed E-state index contributed by atoms with van der Waals surface area (Å²) in [4.78, 5) is 25.1. The summed E-state index contributed by atoms with van der Waals surface area (Å²) >= 11 is 7.11. The van der Waals surface area contributed by atoms with Crippen molar-refractivity contribution >= 4 is 40.9 Å². The van der Waals surface area contributed by atoms with Gasteiger partial charge in [-0.05, 0) is 79.7 Å². The number of thioether (sulfide) groups is 1. The number of ether oxygens (including phenoxy) is 3. The molecular weight excluding hydrogens is 554 g/mol. The molecule has 4 rings (SSSR count). The van der Waals surface area contributed by atoms with E-state index in [-0.39, 0.29) is 30.7 Å². The van der Waals surface area contributed by atoms with Crippen molar-refractivity contribution in [1.82, 2.24) is 20.1 Å². The van der Waals surface area contributed by atoms with Crippen LogP contribution in [0.1, 0.15) is 12.7 Å². The summed E-state index contributed by atoms with van der Waals surface area (Å²) in [6.45, 7) is 2.39. The molecule has 0 aliphatic heterocycles. The van der Waals surface area contributed by atoms with Gasteiger partial charge in [0, 0.05) is 16.4 Å². The largest absolute Gasteiger partial charge is 0.497 e. The fourth-order valence-electron chi connectivity index (χ4n) is 3.54. The molecule has 0 radical (unpaired) electrons. The highest BCUT2D eigenvalue weighted by Gasteiger charge is 2.17. The fraction of sp³-hybridized carbons (Fsp3) is 0.214. The molecule has 0 atom stereocenters. The predicted molar refractivity (Wildman–Crippen MR) is 154 cm³/mol. The molecule has 12 heteroatoms. The van der Waals surface area contributed by atoms with Gasteiger partial charge in [-0.15, -0.1) is 10.2 Å². The standard InChI is InChI=1S/C28H28ClN5O5S/c1-3-38-23-14-8-21(9-15-23)34-25(16-30-26(35)17-39-24-10-4-19(29)5-11-24)32-33-28(34)40-18-27(36)31-20-6-12-22(37-2)13-7-20/h4-15H,3,16-18H2,1-2H3,(H,30,35)(H,31,36). The molecule has 0 aliphatic carbocycles. The minimum absolute atomic E-state index is 0.0988. The Morgan fingerprint density at radius 3 is 2.20 bits per heavy atom. The van der Waals surface area contributed by atoms with E-state index in [2.05, 4.69) is 20.8 Å². The molecule has 40 heavy (non-hydrogen) atoms. The first-order valence-corrected chi connectivity index (χ1v) is 13.7. The van der Waals surface area contributed by atoms with E-state index in [1.54, 1.807) is 60.2 Å². The minimum Gasteiger partial charge on any atom is -0.497 e. The topological polar surface area (TPSA) is 117 Å². The SMILES string of the molecule is CCOc1ccc(-n2c(CNC(=O)COc3ccc(Cl)cc3)nnc2SCC(=O)Nc2ccc(OC)cc2)cc1. The Morgan fingerprint density at radius 2 is 1.52 bits per heavy atom. The number of nitrogens with zero attached hydrogens (tertiary/aromatic N) is 3. The van der Waals surface area contributed by atoms with Gasteiger partial charge in [-0.2, -0.15) is 0 Å². The monoisotopic (exact) mass is 581 g/mol. The van der Waals surface area contributed by atoms with E-state index in [1.807, 2.05) is 31.2 Å². The van der Waals surface area contributed by atoms with Gasteiger partial charge >= 0.3 is 0 Å². The number of carbonyl (C=O) groups is 2. The number of benzene rings is 3. The summed E-state index contributed by atoms with van der Waals surface area (Å²) in [7, 11) is 1.58. The number of nitrogens with one attached hydrogen (secondary N) is 2. The average molecular weight is 582 g/mol. The lowest BCUT2D eigenvalue weighted by molar-refractivity contribution is -0.123. The molecule has 1 aromatic heterocycles. The minimum atomic E-state index is -0.329. The van der Waals surface area contributed by atoms with Gasteiger partial charge in [-0.3, -0.25) is 14.2 Å². The molecule has 10 nitrogen and oxygen atoms in total. The van der Waals surface area contributed by atoms with E-state index in [0.29, 0.717) is 39.8 Å². The molecule has 0 saturated carbocycles. The van der Waals surface area contributed by atoms with Crippen molar-refractivity contribution in [2.75, 3.05) is 31.4 Å². The van der Waals surface area contributed by atoms with Crippen LogP contribution in [0.2, 0.25) is 5.02 Å². The molecule has 1 heterocycles. The van der Waals surface area contributed by atoms with E-state index in [1.165, 1.54) is 11.8 Å². The van der Waals surface area contributed by atoms with E-state index in [4.69, 9.17) is 25.8 Å². The Kier molecular flexibility index (Phi) is 10.3. The van der Waals surface area contributed by atoms with Crippen LogP contribution in [0.3, 0.4) is 0 Å². The number of aromatic nitrogens is 3. The van der Waals surface area contributed by atoms with Gasteiger partial charge < -0.3 is 24.8 Å². The zero-order chi connectivity index (χ0) is 28.3. The van der Waals surface area contributed by atoms with Gasteiger partial charge in [-0.25, -0.2) is 0 Å². The third-order valence-electron chi connectivity index (χ3n) is 5.44. The van der Waals surface area contributed by atoms with Crippen LogP contribution in [-0.4, -0.2) is 52.7 Å². The zero-order valence-electron chi connectivity index (χ0n) is 21.9. The maximum absolute atomic E-state index is 12.6. The fourth-order valence-corrected chi connectivity index (χ4v) is 4.43. The Balaban J connectivity index is 1.43. The lowest BCUT2D eigenvalue weighted by Gasteiger charge is -2.12. The summed E-state index contributed by atoms with van der Waals surface area (Å²) in [6, 6.07) is 21.2. The number of methoxy groups -OCH3 is 1. The maximum Gasteiger partial charge on any atom is 0.258 e. The second kappa shape index (κ2) is 14.2. The van der Waals surface area contributed by atoms with Crippen molar-refractivity contribution < 1.29 is 23.8 Å². The van der Waals surface area contributed by atoms with Gasteiger partial charge in [0.1, 0.15) is 17.2 Å². The van der Waals surface area contributed by atoms with Gasteiger partial charge in [-0.1, -0.05) is 23.4 Å². The molecule has 208 valence electrons. The highest BCUT2D eigenvalue weighted by Crippen LogP contribution is 2.25. The van der Waals surface area contributed by atoms with Crippen LogP contribution in [0.4, 0.5) is 5.69 Å². The van der Waals surface area contributed by atoms with Gasteiger partial charge in [0.05, 0.1) is 26.0 Å². The molecule has 2 N–H and O–H groups in total. The first kappa shape index (κ1) is 28.8. The molecule has 3 aromatic carbocycles.